The van der Waals surface area contributed by atoms with Crippen molar-refractivity contribution < 1.29 is 8.78 Å². The molecule has 0 saturated carbocycles. The molecule has 1 aromatic rings. The molecule has 74 valence electrons. The van der Waals surface area contributed by atoms with Crippen LogP contribution in [0, 0.1) is 18.6 Å². The van der Waals surface area contributed by atoms with E-state index < -0.39 is 11.6 Å². The summed E-state index contributed by atoms with van der Waals surface area (Å²) in [6.45, 7) is 1.62. The molecule has 0 fully saturated rings. The van der Waals surface area contributed by atoms with Crippen LogP contribution in [-0.4, -0.2) is 6.54 Å². The summed E-state index contributed by atoms with van der Waals surface area (Å²) >= 11 is 0. The second-order valence-electron chi connectivity index (χ2n) is 2.86. The van der Waals surface area contributed by atoms with Crippen LogP contribution in [0.2, 0.25) is 0 Å². The average Bonchev–Trinajstić information content (AvgIpc) is 2.18. The van der Waals surface area contributed by atoms with Gasteiger partial charge >= 0.3 is 0 Å². The third kappa shape index (κ3) is 2.20. The number of hydrogen-bond donors (Lipinski definition) is 0. The van der Waals surface area contributed by atoms with Crippen molar-refractivity contribution in [3.05, 3.63) is 45.3 Å². The summed E-state index contributed by atoms with van der Waals surface area (Å²) in [5.74, 6) is -1.15. The zero-order chi connectivity index (χ0) is 10.6. The van der Waals surface area contributed by atoms with E-state index in [1.165, 1.54) is 12.1 Å². The molecule has 0 bridgehead atoms. The molecule has 0 aromatic heterocycles. The van der Waals surface area contributed by atoms with Crippen molar-refractivity contribution in [2.24, 2.45) is 5.11 Å². The first kappa shape index (κ1) is 10.5. The van der Waals surface area contributed by atoms with E-state index in [4.69, 9.17) is 5.53 Å². The number of hydrogen-bond acceptors (Lipinski definition) is 1. The fourth-order valence-electron chi connectivity index (χ4n) is 1.15. The van der Waals surface area contributed by atoms with Gasteiger partial charge in [0, 0.05) is 17.0 Å². The van der Waals surface area contributed by atoms with Crippen molar-refractivity contribution in [3.8, 4) is 0 Å². The molecule has 1 rings (SSSR count). The number of aryl methyl sites for hydroxylation is 1. The van der Waals surface area contributed by atoms with Gasteiger partial charge in [-0.1, -0.05) is 11.2 Å². The van der Waals surface area contributed by atoms with E-state index in [1.54, 1.807) is 6.92 Å². The standard InChI is InChI=1S/C9H9F2N3/c1-6-2-3-8(10)7(9(6)11)4-5-13-14-12/h2-3H,4-5H2,1H3. The molecule has 0 heterocycles. The van der Waals surface area contributed by atoms with E-state index in [9.17, 15) is 8.78 Å². The second kappa shape index (κ2) is 4.58. The first-order chi connectivity index (χ1) is 6.66. The topological polar surface area (TPSA) is 48.8 Å². The number of rotatable bonds is 3. The molecule has 3 nitrogen and oxygen atoms in total. The third-order valence-corrected chi connectivity index (χ3v) is 1.90. The van der Waals surface area contributed by atoms with Crippen molar-refractivity contribution >= 4 is 0 Å². The number of nitrogens with zero attached hydrogens (tertiary/aromatic N) is 3. The van der Waals surface area contributed by atoms with Crippen molar-refractivity contribution in [2.75, 3.05) is 6.54 Å². The maximum Gasteiger partial charge on any atom is 0.132 e. The summed E-state index contributed by atoms with van der Waals surface area (Å²) < 4.78 is 26.4. The van der Waals surface area contributed by atoms with E-state index in [-0.39, 0.29) is 18.5 Å². The minimum absolute atomic E-state index is 0.0163. The van der Waals surface area contributed by atoms with Gasteiger partial charge in [-0.25, -0.2) is 8.78 Å². The minimum atomic E-state index is -0.596. The lowest BCUT2D eigenvalue weighted by Crippen LogP contribution is -2.00. The highest BCUT2D eigenvalue weighted by Crippen LogP contribution is 2.16. The van der Waals surface area contributed by atoms with Gasteiger partial charge in [-0.3, -0.25) is 0 Å². The van der Waals surface area contributed by atoms with Gasteiger partial charge in [0.25, 0.3) is 0 Å². The van der Waals surface area contributed by atoms with Crippen molar-refractivity contribution in [2.45, 2.75) is 13.3 Å². The highest BCUT2D eigenvalue weighted by atomic mass is 19.1. The van der Waals surface area contributed by atoms with Crippen LogP contribution in [0.1, 0.15) is 11.1 Å². The Morgan fingerprint density at radius 2 is 2.14 bits per heavy atom. The Balaban J connectivity index is 2.94. The highest BCUT2D eigenvalue weighted by molar-refractivity contribution is 5.26. The van der Waals surface area contributed by atoms with Gasteiger partial charge < -0.3 is 0 Å². The Labute approximate surface area is 80.0 Å². The lowest BCUT2D eigenvalue weighted by molar-refractivity contribution is 0.550. The van der Waals surface area contributed by atoms with E-state index in [1.807, 2.05) is 0 Å². The van der Waals surface area contributed by atoms with E-state index in [2.05, 4.69) is 10.0 Å². The molecule has 0 aliphatic carbocycles. The number of halogens is 2. The smallest absolute Gasteiger partial charge is 0.132 e. The predicted octanol–water partition coefficient (Wildman–Crippen LogP) is 3.13. The van der Waals surface area contributed by atoms with E-state index in [0.717, 1.165) is 0 Å². The quantitative estimate of drug-likeness (QED) is 0.406. The van der Waals surface area contributed by atoms with Crippen LogP contribution in [0.4, 0.5) is 8.78 Å². The first-order valence-electron chi connectivity index (χ1n) is 4.11. The van der Waals surface area contributed by atoms with Gasteiger partial charge in [-0.05, 0) is 30.5 Å². The molecular weight excluding hydrogens is 188 g/mol. The number of benzene rings is 1. The van der Waals surface area contributed by atoms with E-state index >= 15 is 0 Å². The zero-order valence-electron chi connectivity index (χ0n) is 7.67. The molecular formula is C9H9F2N3. The zero-order valence-corrected chi connectivity index (χ0v) is 7.67. The summed E-state index contributed by atoms with van der Waals surface area (Å²) in [6, 6.07) is 2.59. The van der Waals surface area contributed by atoms with Gasteiger partial charge in [0.15, 0.2) is 0 Å². The summed E-state index contributed by atoms with van der Waals surface area (Å²) in [5.41, 5.74) is 8.38. The van der Waals surface area contributed by atoms with Gasteiger partial charge in [0.1, 0.15) is 11.6 Å². The third-order valence-electron chi connectivity index (χ3n) is 1.90. The Bertz CT molecular complexity index is 384. The second-order valence-corrected chi connectivity index (χ2v) is 2.86. The molecule has 0 aliphatic rings. The molecule has 0 radical (unpaired) electrons. The summed E-state index contributed by atoms with van der Waals surface area (Å²) in [6.07, 6.45) is 0.0867. The number of azide groups is 1. The summed E-state index contributed by atoms with van der Waals surface area (Å²) in [7, 11) is 0. The van der Waals surface area contributed by atoms with Crippen LogP contribution in [0.3, 0.4) is 0 Å². The molecule has 14 heavy (non-hydrogen) atoms. The molecule has 0 saturated heterocycles. The van der Waals surface area contributed by atoms with Gasteiger partial charge in [-0.15, -0.1) is 0 Å². The van der Waals surface area contributed by atoms with Crippen molar-refractivity contribution in [1.29, 1.82) is 0 Å². The lowest BCUT2D eigenvalue weighted by atomic mass is 10.1. The van der Waals surface area contributed by atoms with Crippen LogP contribution in [0.25, 0.3) is 10.4 Å². The van der Waals surface area contributed by atoms with Crippen LogP contribution < -0.4 is 0 Å². The van der Waals surface area contributed by atoms with Crippen LogP contribution >= 0.6 is 0 Å². The molecule has 0 atom stereocenters. The minimum Gasteiger partial charge on any atom is -0.207 e. The maximum absolute atomic E-state index is 13.3. The Morgan fingerprint density at radius 1 is 1.43 bits per heavy atom. The largest absolute Gasteiger partial charge is 0.207 e. The molecule has 0 amide bonds. The van der Waals surface area contributed by atoms with Gasteiger partial charge in [-0.2, -0.15) is 0 Å². The Morgan fingerprint density at radius 3 is 2.79 bits per heavy atom. The predicted molar refractivity (Wildman–Crippen MR) is 48.8 cm³/mol. The molecule has 0 unspecified atom stereocenters. The molecule has 0 aliphatic heterocycles. The van der Waals surface area contributed by atoms with Crippen molar-refractivity contribution in [3.63, 3.8) is 0 Å². The van der Waals surface area contributed by atoms with E-state index in [0.29, 0.717) is 5.56 Å². The monoisotopic (exact) mass is 197 g/mol. The van der Waals surface area contributed by atoms with Gasteiger partial charge in [0.2, 0.25) is 0 Å². The average molecular weight is 197 g/mol. The molecule has 5 heteroatoms. The maximum atomic E-state index is 13.3. The SMILES string of the molecule is Cc1ccc(F)c(CCN=[N+]=[N-])c1F. The molecule has 0 N–H and O–H groups in total. The van der Waals surface area contributed by atoms with Crippen molar-refractivity contribution in [1.82, 2.24) is 0 Å². The Hall–Kier alpha value is -1.61. The highest BCUT2D eigenvalue weighted by Gasteiger charge is 2.09. The summed E-state index contributed by atoms with van der Waals surface area (Å²) in [5, 5.41) is 3.23. The summed E-state index contributed by atoms with van der Waals surface area (Å²) in [4.78, 5) is 2.51. The molecule has 1 aromatic carbocycles. The van der Waals surface area contributed by atoms with Crippen LogP contribution in [0.15, 0.2) is 17.2 Å². The van der Waals surface area contributed by atoms with Crippen LogP contribution in [0.5, 0.6) is 0 Å². The fraction of sp³-hybridized carbons (Fsp3) is 0.333. The normalized spacial score (nSPS) is 9.64. The fourth-order valence-corrected chi connectivity index (χ4v) is 1.15. The molecule has 0 spiro atoms. The first-order valence-corrected chi connectivity index (χ1v) is 4.11. The van der Waals surface area contributed by atoms with Crippen LogP contribution in [-0.2, 0) is 6.42 Å². The Kier molecular flexibility index (Phi) is 3.42. The van der Waals surface area contributed by atoms with Gasteiger partial charge in [0.05, 0.1) is 0 Å². The lowest BCUT2D eigenvalue weighted by Gasteiger charge is -2.04.